The topological polar surface area (TPSA) is 35.6 Å². The zero-order valence-corrected chi connectivity index (χ0v) is 11.3. The van der Waals surface area contributed by atoms with Crippen molar-refractivity contribution in [3.8, 4) is 0 Å². The Kier molecular flexibility index (Phi) is 3.73. The maximum atomic E-state index is 12.5. The van der Waals surface area contributed by atoms with E-state index in [1.54, 1.807) is 0 Å². The number of piperazine rings is 1. The fourth-order valence-corrected chi connectivity index (χ4v) is 3.00. The lowest BCUT2D eigenvalue weighted by molar-refractivity contribution is -0.140. The minimum absolute atomic E-state index is 0.297. The summed E-state index contributed by atoms with van der Waals surface area (Å²) >= 11 is 0. The number of amides is 1. The zero-order chi connectivity index (χ0) is 12.5. The Morgan fingerprint density at radius 3 is 2.82 bits per heavy atom. The number of hydrogen-bond acceptors (Lipinski definition) is 3. The van der Waals surface area contributed by atoms with Gasteiger partial charge >= 0.3 is 0 Å². The summed E-state index contributed by atoms with van der Waals surface area (Å²) in [6.45, 7) is 8.01. The largest absolute Gasteiger partial charge is 0.338 e. The van der Waals surface area contributed by atoms with Crippen LogP contribution in [0.5, 0.6) is 0 Å². The third kappa shape index (κ3) is 2.47. The molecule has 0 aromatic carbocycles. The van der Waals surface area contributed by atoms with Crippen LogP contribution in [0.15, 0.2) is 0 Å². The van der Waals surface area contributed by atoms with Crippen LogP contribution in [-0.4, -0.2) is 60.5 Å². The maximum absolute atomic E-state index is 12.5. The molecule has 4 nitrogen and oxygen atoms in total. The summed E-state index contributed by atoms with van der Waals surface area (Å²) in [6, 6.07) is 0.526. The number of carbonyl (C=O) groups excluding carboxylic acids is 1. The Morgan fingerprint density at radius 2 is 2.24 bits per heavy atom. The average Bonchev–Trinajstić information content (AvgIpc) is 2.77. The highest BCUT2D eigenvalue weighted by Gasteiger charge is 2.40. The monoisotopic (exact) mass is 239 g/mol. The molecule has 1 N–H and O–H groups in total. The molecule has 2 atom stereocenters. The molecule has 17 heavy (non-hydrogen) atoms. The molecule has 0 bridgehead atoms. The summed E-state index contributed by atoms with van der Waals surface area (Å²) in [5.74, 6) is 0.307. The lowest BCUT2D eigenvalue weighted by atomic mass is 9.97. The SMILES string of the molecule is CCC1CN(C(=O)C2(C)CCCN2)CCN1C. The average molecular weight is 239 g/mol. The van der Waals surface area contributed by atoms with Gasteiger partial charge in [0.05, 0.1) is 5.54 Å². The van der Waals surface area contributed by atoms with Crippen molar-refractivity contribution in [2.75, 3.05) is 33.2 Å². The van der Waals surface area contributed by atoms with Gasteiger partial charge in [0, 0.05) is 25.7 Å². The highest BCUT2D eigenvalue weighted by Crippen LogP contribution is 2.23. The van der Waals surface area contributed by atoms with E-state index in [0.29, 0.717) is 11.9 Å². The molecule has 2 unspecified atom stereocenters. The molecule has 2 fully saturated rings. The molecule has 0 saturated carbocycles. The van der Waals surface area contributed by atoms with E-state index < -0.39 is 0 Å². The molecule has 0 aromatic rings. The molecule has 2 heterocycles. The van der Waals surface area contributed by atoms with Crippen molar-refractivity contribution in [1.82, 2.24) is 15.1 Å². The Balaban J connectivity index is 2.00. The van der Waals surface area contributed by atoms with Crippen molar-refractivity contribution < 1.29 is 4.79 Å². The van der Waals surface area contributed by atoms with Crippen LogP contribution < -0.4 is 5.32 Å². The van der Waals surface area contributed by atoms with Crippen LogP contribution >= 0.6 is 0 Å². The predicted molar refractivity (Wildman–Crippen MR) is 68.9 cm³/mol. The summed E-state index contributed by atoms with van der Waals surface area (Å²) in [7, 11) is 2.16. The van der Waals surface area contributed by atoms with E-state index in [-0.39, 0.29) is 5.54 Å². The third-order valence-electron chi connectivity index (χ3n) is 4.38. The second-order valence-corrected chi connectivity index (χ2v) is 5.66. The number of rotatable bonds is 2. The van der Waals surface area contributed by atoms with Gasteiger partial charge in [-0.1, -0.05) is 6.92 Å². The minimum atomic E-state index is -0.297. The Bertz CT molecular complexity index is 286. The molecule has 98 valence electrons. The first-order valence-corrected chi connectivity index (χ1v) is 6.81. The van der Waals surface area contributed by atoms with E-state index in [9.17, 15) is 4.79 Å². The maximum Gasteiger partial charge on any atom is 0.242 e. The van der Waals surface area contributed by atoms with Crippen molar-refractivity contribution in [3.05, 3.63) is 0 Å². The molecule has 2 rings (SSSR count). The van der Waals surface area contributed by atoms with Crippen molar-refractivity contribution in [2.45, 2.75) is 44.7 Å². The predicted octanol–water partition coefficient (Wildman–Crippen LogP) is 0.681. The Morgan fingerprint density at radius 1 is 1.47 bits per heavy atom. The van der Waals surface area contributed by atoms with Crippen LogP contribution in [0.4, 0.5) is 0 Å². The number of likely N-dealkylation sites (N-methyl/N-ethyl adjacent to an activating group) is 1. The standard InChI is InChI=1S/C13H25N3O/c1-4-11-10-16(9-8-15(11)3)12(17)13(2)6-5-7-14-13/h11,14H,4-10H2,1-3H3. The first kappa shape index (κ1) is 12.8. The molecule has 4 heteroatoms. The van der Waals surface area contributed by atoms with Crippen molar-refractivity contribution in [1.29, 1.82) is 0 Å². The Labute approximate surface area is 104 Å². The van der Waals surface area contributed by atoms with Gasteiger partial charge in [0.25, 0.3) is 0 Å². The van der Waals surface area contributed by atoms with Crippen LogP contribution in [-0.2, 0) is 4.79 Å². The Hall–Kier alpha value is -0.610. The second-order valence-electron chi connectivity index (χ2n) is 5.66. The van der Waals surface area contributed by atoms with Crippen LogP contribution in [0.1, 0.15) is 33.1 Å². The van der Waals surface area contributed by atoms with E-state index in [1.165, 1.54) is 0 Å². The number of hydrogen-bond donors (Lipinski definition) is 1. The van der Waals surface area contributed by atoms with Crippen LogP contribution in [0.25, 0.3) is 0 Å². The molecule has 0 radical (unpaired) electrons. The molecule has 0 aromatic heterocycles. The van der Waals surface area contributed by atoms with Gasteiger partial charge in [-0.3, -0.25) is 9.69 Å². The second kappa shape index (κ2) is 4.94. The molecular formula is C13H25N3O. The van der Waals surface area contributed by atoms with E-state index in [0.717, 1.165) is 45.4 Å². The molecule has 0 aliphatic carbocycles. The van der Waals surface area contributed by atoms with E-state index in [1.807, 2.05) is 0 Å². The molecule has 2 aliphatic heterocycles. The van der Waals surface area contributed by atoms with Gasteiger partial charge in [0.2, 0.25) is 5.91 Å². The fourth-order valence-electron chi connectivity index (χ4n) is 3.00. The third-order valence-corrected chi connectivity index (χ3v) is 4.38. The van der Waals surface area contributed by atoms with Gasteiger partial charge in [-0.2, -0.15) is 0 Å². The first-order valence-electron chi connectivity index (χ1n) is 6.81. The number of carbonyl (C=O) groups is 1. The summed E-state index contributed by atoms with van der Waals surface area (Å²) in [6.07, 6.45) is 3.21. The van der Waals surface area contributed by atoms with Gasteiger partial charge in [0.15, 0.2) is 0 Å². The summed E-state index contributed by atoms with van der Waals surface area (Å²) in [5, 5.41) is 3.37. The summed E-state index contributed by atoms with van der Waals surface area (Å²) < 4.78 is 0. The van der Waals surface area contributed by atoms with Gasteiger partial charge in [-0.15, -0.1) is 0 Å². The first-order chi connectivity index (χ1) is 8.07. The minimum Gasteiger partial charge on any atom is -0.338 e. The van der Waals surface area contributed by atoms with Gasteiger partial charge in [-0.25, -0.2) is 0 Å². The van der Waals surface area contributed by atoms with Crippen molar-refractivity contribution >= 4 is 5.91 Å². The van der Waals surface area contributed by atoms with Crippen molar-refractivity contribution in [2.24, 2.45) is 0 Å². The molecule has 2 saturated heterocycles. The van der Waals surface area contributed by atoms with Crippen LogP contribution in [0.2, 0.25) is 0 Å². The number of nitrogens with one attached hydrogen (secondary N) is 1. The molecule has 0 spiro atoms. The van der Waals surface area contributed by atoms with E-state index in [2.05, 4.69) is 36.0 Å². The van der Waals surface area contributed by atoms with Gasteiger partial charge in [-0.05, 0) is 39.8 Å². The lowest BCUT2D eigenvalue weighted by Gasteiger charge is -2.42. The highest BCUT2D eigenvalue weighted by molar-refractivity contribution is 5.86. The summed E-state index contributed by atoms with van der Waals surface area (Å²) in [5.41, 5.74) is -0.297. The van der Waals surface area contributed by atoms with Crippen molar-refractivity contribution in [3.63, 3.8) is 0 Å². The highest BCUT2D eigenvalue weighted by atomic mass is 16.2. The molecular weight excluding hydrogens is 214 g/mol. The zero-order valence-electron chi connectivity index (χ0n) is 11.3. The normalized spacial score (nSPS) is 35.2. The molecule has 2 aliphatic rings. The fraction of sp³-hybridized carbons (Fsp3) is 0.923. The van der Waals surface area contributed by atoms with E-state index >= 15 is 0 Å². The van der Waals surface area contributed by atoms with E-state index in [4.69, 9.17) is 0 Å². The summed E-state index contributed by atoms with van der Waals surface area (Å²) in [4.78, 5) is 17.0. The number of nitrogens with zero attached hydrogens (tertiary/aromatic N) is 2. The molecule has 1 amide bonds. The smallest absolute Gasteiger partial charge is 0.242 e. The quantitative estimate of drug-likeness (QED) is 0.770. The van der Waals surface area contributed by atoms with Gasteiger partial charge in [0.1, 0.15) is 0 Å². The van der Waals surface area contributed by atoms with Crippen LogP contribution in [0, 0.1) is 0 Å². The van der Waals surface area contributed by atoms with Crippen LogP contribution in [0.3, 0.4) is 0 Å². The lowest BCUT2D eigenvalue weighted by Crippen LogP contribution is -2.60. The van der Waals surface area contributed by atoms with Gasteiger partial charge < -0.3 is 10.2 Å².